The quantitative estimate of drug-likeness (QED) is 0.0200. The van der Waals surface area contributed by atoms with Gasteiger partial charge < -0.3 is 25.2 Å². The summed E-state index contributed by atoms with van der Waals surface area (Å²) in [6, 6.07) is -1.57. The van der Waals surface area contributed by atoms with E-state index in [1.807, 2.05) is 6.08 Å². The monoisotopic (exact) mass is 896 g/mol. The molecule has 0 bridgehead atoms. The van der Waals surface area contributed by atoms with Crippen molar-refractivity contribution in [1.29, 1.82) is 0 Å². The number of phosphoric ester groups is 1. The summed E-state index contributed by atoms with van der Waals surface area (Å²) in [5.41, 5.74) is 0. The number of nitrogens with one attached hydrogen (secondary N) is 1. The van der Waals surface area contributed by atoms with Crippen molar-refractivity contribution >= 4 is 25.7 Å². The van der Waals surface area contributed by atoms with E-state index in [1.165, 1.54) is 122 Å². The zero-order chi connectivity index (χ0) is 45.6. The molecule has 62 heavy (non-hydrogen) atoms. The zero-order valence-electron chi connectivity index (χ0n) is 39.2. The molecule has 0 heterocycles. The summed E-state index contributed by atoms with van der Waals surface area (Å²) in [6.45, 7) is 2.47. The smallest absolute Gasteiger partial charge is 0.472 e. The van der Waals surface area contributed by atoms with Crippen molar-refractivity contribution in [2.75, 3.05) is 19.8 Å². The van der Waals surface area contributed by atoms with Gasteiger partial charge in [0, 0.05) is 12.8 Å². The van der Waals surface area contributed by atoms with Crippen LogP contribution in [0.1, 0.15) is 219 Å². The minimum absolute atomic E-state index is 0.0924. The van der Waals surface area contributed by atoms with Crippen molar-refractivity contribution in [1.82, 2.24) is 5.32 Å². The number of hydrogen-bond acceptors (Lipinski definition) is 8. The number of rotatable bonds is 46. The summed E-state index contributed by atoms with van der Waals surface area (Å²) in [6.07, 6.45) is 51.6. The predicted molar refractivity (Wildman–Crippen MR) is 254 cm³/mol. The maximum absolute atomic E-state index is 12.3. The van der Waals surface area contributed by atoms with Gasteiger partial charge in [-0.1, -0.05) is 204 Å². The van der Waals surface area contributed by atoms with Gasteiger partial charge in [-0.25, -0.2) is 9.36 Å². The molecule has 360 valence electrons. The number of aliphatic carboxylic acids is 1. The molecule has 1 amide bonds. The van der Waals surface area contributed by atoms with Crippen LogP contribution in [0.4, 0.5) is 0 Å². The third kappa shape index (κ3) is 44.1. The number of ether oxygens (including phenoxy) is 1. The van der Waals surface area contributed by atoms with Crippen molar-refractivity contribution in [2.24, 2.45) is 0 Å². The second kappa shape index (κ2) is 45.0. The first kappa shape index (κ1) is 59.4. The van der Waals surface area contributed by atoms with Gasteiger partial charge in [0.15, 0.2) is 6.04 Å². The molecule has 4 N–H and O–H groups in total. The van der Waals surface area contributed by atoms with Crippen molar-refractivity contribution in [3.63, 3.8) is 0 Å². The van der Waals surface area contributed by atoms with E-state index in [0.717, 1.165) is 57.8 Å². The Hall–Kier alpha value is -2.56. The molecule has 3 atom stereocenters. The Balaban J connectivity index is 3.82. The van der Waals surface area contributed by atoms with E-state index in [0.29, 0.717) is 12.8 Å². The molecule has 0 aliphatic heterocycles. The number of unbranched alkanes of at least 4 members (excludes halogenated alkanes) is 24. The van der Waals surface area contributed by atoms with E-state index >= 15 is 0 Å². The number of carbonyl (C=O) groups excluding carboxylic acids is 2. The third-order valence-corrected chi connectivity index (χ3v) is 11.6. The van der Waals surface area contributed by atoms with E-state index in [9.17, 15) is 34.1 Å². The Morgan fingerprint density at radius 1 is 0.532 bits per heavy atom. The fourth-order valence-electron chi connectivity index (χ4n) is 6.84. The molecule has 0 radical (unpaired) electrons. The predicted octanol–water partition coefficient (Wildman–Crippen LogP) is 13.3. The lowest BCUT2D eigenvalue weighted by molar-refractivity contribution is -0.147. The lowest BCUT2D eigenvalue weighted by Crippen LogP contribution is -2.43. The molecule has 0 aliphatic rings. The van der Waals surface area contributed by atoms with Gasteiger partial charge in [-0.2, -0.15) is 0 Å². The molecule has 0 aromatic carbocycles. The highest BCUT2D eigenvalue weighted by molar-refractivity contribution is 7.47. The molecule has 0 aromatic heterocycles. The maximum atomic E-state index is 12.3. The van der Waals surface area contributed by atoms with Crippen LogP contribution in [0.2, 0.25) is 0 Å². The fourth-order valence-corrected chi connectivity index (χ4v) is 7.61. The highest BCUT2D eigenvalue weighted by atomic mass is 31.2. The number of allylic oxidation sites excluding steroid dienone is 8. The van der Waals surface area contributed by atoms with E-state index < -0.39 is 57.6 Å². The van der Waals surface area contributed by atoms with E-state index in [-0.39, 0.29) is 12.8 Å². The third-order valence-electron chi connectivity index (χ3n) is 10.6. The van der Waals surface area contributed by atoms with E-state index in [1.54, 1.807) is 0 Å². The first-order chi connectivity index (χ1) is 30.1. The zero-order valence-corrected chi connectivity index (χ0v) is 40.1. The van der Waals surface area contributed by atoms with Crippen LogP contribution in [0.3, 0.4) is 0 Å². The lowest BCUT2D eigenvalue weighted by Gasteiger charge is -2.18. The number of carbonyl (C=O) groups is 3. The van der Waals surface area contributed by atoms with Crippen LogP contribution in [0.15, 0.2) is 48.6 Å². The Labute approximate surface area is 377 Å². The summed E-state index contributed by atoms with van der Waals surface area (Å²) in [7, 11) is -4.77. The molecule has 11 nitrogen and oxygen atoms in total. The SMILES string of the molecule is CC/C=C\C/C=C\C/C=C\C/C=C\CCCCC(=O)NC(COP(=O)(O)OCC(O)COC(=O)CCCCCCCCCCCCCCCCCCCCCCCCC)C(=O)O. The van der Waals surface area contributed by atoms with Crippen LogP contribution in [0.25, 0.3) is 0 Å². The minimum Gasteiger partial charge on any atom is -0.480 e. The summed E-state index contributed by atoms with van der Waals surface area (Å²) >= 11 is 0. The molecular weight excluding hydrogens is 806 g/mol. The van der Waals surface area contributed by atoms with Gasteiger partial charge in [0.05, 0.1) is 13.2 Å². The van der Waals surface area contributed by atoms with Crippen LogP contribution in [-0.2, 0) is 32.7 Å². The molecule has 0 aliphatic carbocycles. The average molecular weight is 896 g/mol. The van der Waals surface area contributed by atoms with Crippen LogP contribution < -0.4 is 5.32 Å². The van der Waals surface area contributed by atoms with E-state index in [2.05, 4.69) is 61.7 Å². The van der Waals surface area contributed by atoms with Crippen molar-refractivity contribution in [3.05, 3.63) is 48.6 Å². The molecule has 0 saturated heterocycles. The number of amides is 1. The molecule has 0 aromatic rings. The molecule has 0 saturated carbocycles. The van der Waals surface area contributed by atoms with Gasteiger partial charge in [0.2, 0.25) is 5.91 Å². The van der Waals surface area contributed by atoms with Gasteiger partial charge in [-0.3, -0.25) is 18.6 Å². The number of phosphoric acid groups is 1. The molecule has 0 spiro atoms. The summed E-state index contributed by atoms with van der Waals surface area (Å²) in [4.78, 5) is 46.0. The van der Waals surface area contributed by atoms with Crippen LogP contribution in [0, 0.1) is 0 Å². The molecular formula is C50H90NO10P. The number of aliphatic hydroxyl groups is 1. The van der Waals surface area contributed by atoms with Crippen molar-refractivity contribution in [3.8, 4) is 0 Å². The van der Waals surface area contributed by atoms with Gasteiger partial charge in [-0.05, 0) is 51.4 Å². The minimum atomic E-state index is -4.77. The normalized spacial score (nSPS) is 14.0. The maximum Gasteiger partial charge on any atom is 0.472 e. The summed E-state index contributed by atoms with van der Waals surface area (Å²) < 4.78 is 26.9. The average Bonchev–Trinajstić information content (AvgIpc) is 3.25. The fraction of sp³-hybridized carbons (Fsp3) is 0.780. The number of carboxylic acid groups (broad SMARTS) is 1. The van der Waals surface area contributed by atoms with Crippen LogP contribution in [-0.4, -0.2) is 64.9 Å². The molecule has 3 unspecified atom stereocenters. The molecule has 0 fully saturated rings. The van der Waals surface area contributed by atoms with Gasteiger partial charge in [0.1, 0.15) is 12.7 Å². The Morgan fingerprint density at radius 3 is 1.39 bits per heavy atom. The van der Waals surface area contributed by atoms with Crippen molar-refractivity contribution < 1.29 is 47.8 Å². The van der Waals surface area contributed by atoms with Gasteiger partial charge >= 0.3 is 19.8 Å². The topological polar surface area (TPSA) is 169 Å². The van der Waals surface area contributed by atoms with Crippen LogP contribution >= 0.6 is 7.82 Å². The largest absolute Gasteiger partial charge is 0.480 e. The second-order valence-electron chi connectivity index (χ2n) is 16.6. The first-order valence-corrected chi connectivity index (χ1v) is 26.2. The Kier molecular flexibility index (Phi) is 43.2. The van der Waals surface area contributed by atoms with Crippen LogP contribution in [0.5, 0.6) is 0 Å². The standard InChI is InChI=1S/C50H90NO10P/c1-3-5-7-9-11-13-15-17-19-20-21-22-23-24-25-26-28-30-32-34-36-38-40-42-49(54)59-43-46(52)44-60-62(57,58)61-45-47(50(55)56)51-48(53)41-39-37-35-33-31-29-27-18-16-14-12-10-8-6-4-2/h6,8,12,14,18,27,31,33,46-47,52H,3-5,7,9-11,13,15-17,19-26,28-30,32,34-45H2,1-2H3,(H,51,53)(H,55,56)(H,57,58)/b8-6-,14-12-,27-18-,33-31-. The summed E-state index contributed by atoms with van der Waals surface area (Å²) in [5.74, 6) is -2.43. The lowest BCUT2D eigenvalue weighted by atomic mass is 10.0. The Bertz CT molecular complexity index is 1240. The summed E-state index contributed by atoms with van der Waals surface area (Å²) in [5, 5.41) is 21.8. The number of esters is 1. The number of hydrogen-bond donors (Lipinski definition) is 4. The van der Waals surface area contributed by atoms with Gasteiger partial charge in [0.25, 0.3) is 0 Å². The number of aliphatic hydroxyl groups excluding tert-OH is 1. The van der Waals surface area contributed by atoms with E-state index in [4.69, 9.17) is 13.8 Å². The molecule has 0 rings (SSSR count). The Morgan fingerprint density at radius 2 is 0.935 bits per heavy atom. The molecule has 12 heteroatoms. The van der Waals surface area contributed by atoms with Crippen molar-refractivity contribution in [2.45, 2.75) is 231 Å². The highest BCUT2D eigenvalue weighted by Gasteiger charge is 2.28. The first-order valence-electron chi connectivity index (χ1n) is 24.7. The number of carboxylic acids is 1. The van der Waals surface area contributed by atoms with Gasteiger partial charge in [-0.15, -0.1) is 0 Å². The second-order valence-corrected chi connectivity index (χ2v) is 18.1. The highest BCUT2D eigenvalue weighted by Crippen LogP contribution is 2.43.